The van der Waals surface area contributed by atoms with Gasteiger partial charge in [-0.3, -0.25) is 6.58 Å². The number of nitrogens with zero attached hydrogens (tertiary/aromatic N) is 1. The molecule has 0 aromatic heterocycles. The molecule has 232 valence electrons. The molecule has 1 aromatic rings. The van der Waals surface area contributed by atoms with E-state index in [9.17, 15) is 0 Å². The van der Waals surface area contributed by atoms with Crippen molar-refractivity contribution in [2.45, 2.75) is 143 Å². The van der Waals surface area contributed by atoms with Gasteiger partial charge in [-0.1, -0.05) is 59.1 Å². The van der Waals surface area contributed by atoms with Crippen molar-refractivity contribution in [2.75, 3.05) is 11.9 Å². The zero-order valence-electron chi connectivity index (χ0n) is 28.9. The molecule has 1 nitrogen and oxygen atoms in total. The average molecular weight is 566 g/mol. The van der Waals surface area contributed by atoms with E-state index < -0.39 is 0 Å². The second kappa shape index (κ2) is 16.1. The molecule has 42 heavy (non-hydrogen) atoms. The van der Waals surface area contributed by atoms with Gasteiger partial charge in [-0.2, -0.15) is 18.2 Å². The summed E-state index contributed by atoms with van der Waals surface area (Å²) >= 11 is 0. The summed E-state index contributed by atoms with van der Waals surface area (Å²) < 4.78 is 0. The van der Waals surface area contributed by atoms with Crippen LogP contribution in [-0.4, -0.2) is 13.1 Å². The van der Waals surface area contributed by atoms with Gasteiger partial charge < -0.3 is 17.9 Å². The molecule has 0 heterocycles. The first-order valence-electron chi connectivity index (χ1n) is 17.7. The molecule has 9 atom stereocenters. The summed E-state index contributed by atoms with van der Waals surface area (Å²) in [5.74, 6) is 5.97. The summed E-state index contributed by atoms with van der Waals surface area (Å²) in [7, 11) is 2.34. The third-order valence-electron chi connectivity index (χ3n) is 13.3. The van der Waals surface area contributed by atoms with Crippen LogP contribution in [-0.2, 0) is 0 Å². The van der Waals surface area contributed by atoms with Gasteiger partial charge in [0.15, 0.2) is 0 Å². The molecule has 1 aromatic carbocycles. The van der Waals surface area contributed by atoms with Crippen molar-refractivity contribution in [2.24, 2.45) is 46.3 Å². The van der Waals surface area contributed by atoms with Crippen molar-refractivity contribution in [3.8, 4) is 0 Å². The fourth-order valence-corrected chi connectivity index (χ4v) is 10.9. The van der Waals surface area contributed by atoms with Gasteiger partial charge in [0.2, 0.25) is 0 Å². The van der Waals surface area contributed by atoms with Crippen LogP contribution < -0.4 is 23.8 Å². The summed E-state index contributed by atoms with van der Waals surface area (Å²) in [4.78, 5) is 2.59. The molecule has 4 saturated carbocycles. The van der Waals surface area contributed by atoms with Crippen molar-refractivity contribution in [1.82, 2.24) is 0 Å². The summed E-state index contributed by atoms with van der Waals surface area (Å²) in [6, 6.07) is 10.6. The standard InChI is InChI=1S/C35H56N.C5H8.Li/c1-7-9-12-21-35(8-2)23-20-28-27(24-35)15-16-30-29(28)19-22-34(5)31(17-18-32(30)34)26(4)36(6)33-14-11-10-13-25(33)3;1-3-5-4-2;/h10-11,14,26-32H,7-9,12,15-24H2,1-6H3;1-3,5H2;/q-1;-2;+1/t26-,27-,28+,29-,30-,31-,32+,34-,35+;;/m1../s1. The van der Waals surface area contributed by atoms with E-state index in [1.807, 2.05) is 0 Å². The fraction of sp³-hybridized carbons (Fsp3) is 0.775. The van der Waals surface area contributed by atoms with Crippen molar-refractivity contribution in [3.63, 3.8) is 0 Å². The largest absolute Gasteiger partial charge is 1.00 e. The Bertz CT molecular complexity index is 957. The SMILES string of the molecule is C=[C-]CC[CH2-].CCCCC[C@@]1(CC)CC[C@H]2[C@H](CC[C@@H]3[C@@H]2CC[C@]2(C)[C@@H]([C@@H](C)N(C)c4ccc[c-]c4C)CC[C@@H]32)C1.[Li+]. The summed E-state index contributed by atoms with van der Waals surface area (Å²) in [6.45, 7) is 19.3. The van der Waals surface area contributed by atoms with Crippen LogP contribution in [0.3, 0.4) is 0 Å². The molecule has 4 fully saturated rings. The molecule has 2 heteroatoms. The fourth-order valence-electron chi connectivity index (χ4n) is 10.9. The molecule has 0 spiro atoms. The molecule has 0 unspecified atom stereocenters. The minimum Gasteiger partial charge on any atom is -0.506 e. The number of hydrogen-bond acceptors (Lipinski definition) is 1. The van der Waals surface area contributed by atoms with E-state index in [1.165, 1.54) is 75.5 Å². The van der Waals surface area contributed by atoms with E-state index in [4.69, 9.17) is 0 Å². The number of anilines is 1. The van der Waals surface area contributed by atoms with E-state index in [2.05, 4.69) is 90.4 Å². The summed E-state index contributed by atoms with van der Waals surface area (Å²) in [5, 5.41) is 0. The Balaban J connectivity index is 0.000000745. The average Bonchev–Trinajstić information content (AvgIpc) is 3.34. The minimum absolute atomic E-state index is 0. The monoisotopic (exact) mass is 566 g/mol. The molecule has 0 amide bonds. The Morgan fingerprint density at radius 1 is 1.07 bits per heavy atom. The molecule has 0 saturated heterocycles. The predicted octanol–water partition coefficient (Wildman–Crippen LogP) is 8.46. The van der Waals surface area contributed by atoms with Gasteiger partial charge in [0.05, 0.1) is 0 Å². The van der Waals surface area contributed by atoms with E-state index in [-0.39, 0.29) is 18.9 Å². The van der Waals surface area contributed by atoms with Gasteiger partial charge in [0.25, 0.3) is 0 Å². The molecule has 5 rings (SSSR count). The quantitative estimate of drug-likeness (QED) is 0.156. The van der Waals surface area contributed by atoms with Gasteiger partial charge in [-0.25, -0.2) is 12.8 Å². The van der Waals surface area contributed by atoms with Crippen LogP contribution in [0.4, 0.5) is 5.69 Å². The molecule has 0 radical (unpaired) electrons. The van der Waals surface area contributed by atoms with Gasteiger partial charge in [-0.15, -0.1) is 11.6 Å². The number of hydrogen-bond donors (Lipinski definition) is 0. The Morgan fingerprint density at radius 3 is 2.48 bits per heavy atom. The number of allylic oxidation sites excluding steroid dienone is 1. The first-order chi connectivity index (χ1) is 19.7. The molecule has 0 N–H and O–H groups in total. The molecule has 0 bridgehead atoms. The molecule has 4 aliphatic rings. The Hall–Kier alpha value is -0.643. The van der Waals surface area contributed by atoms with Crippen molar-refractivity contribution in [1.29, 1.82) is 0 Å². The van der Waals surface area contributed by atoms with Crippen LogP contribution in [0.5, 0.6) is 0 Å². The zero-order valence-corrected chi connectivity index (χ0v) is 28.9. The number of aryl methyl sites for hydroxylation is 1. The number of rotatable bonds is 10. The van der Waals surface area contributed by atoms with Gasteiger partial charge >= 0.3 is 18.9 Å². The number of fused-ring (bicyclic) bond motifs is 5. The van der Waals surface area contributed by atoms with Crippen LogP contribution in [0.15, 0.2) is 24.8 Å². The summed E-state index contributed by atoms with van der Waals surface area (Å²) in [6.07, 6.45) is 25.5. The Morgan fingerprint density at radius 2 is 1.83 bits per heavy atom. The predicted molar refractivity (Wildman–Crippen MR) is 179 cm³/mol. The summed E-state index contributed by atoms with van der Waals surface area (Å²) in [5.41, 5.74) is 3.91. The van der Waals surface area contributed by atoms with Gasteiger partial charge in [-0.05, 0) is 125 Å². The van der Waals surface area contributed by atoms with Crippen molar-refractivity contribution >= 4 is 5.69 Å². The third-order valence-corrected chi connectivity index (χ3v) is 13.3. The molecule has 0 aliphatic heterocycles. The van der Waals surface area contributed by atoms with Crippen LogP contribution in [0.2, 0.25) is 0 Å². The Kier molecular flexibility index (Phi) is 13.7. The third kappa shape index (κ3) is 7.42. The number of unbranched alkanes of at least 4 members (excludes halogenated alkanes) is 3. The van der Waals surface area contributed by atoms with Crippen LogP contribution in [0, 0.1) is 72.3 Å². The maximum atomic E-state index is 3.57. The van der Waals surface area contributed by atoms with Crippen molar-refractivity contribution in [3.05, 3.63) is 49.4 Å². The number of benzene rings is 1. The molecular formula is C40H64LiN-2. The zero-order chi connectivity index (χ0) is 29.6. The maximum absolute atomic E-state index is 3.57. The van der Waals surface area contributed by atoms with E-state index >= 15 is 0 Å². The first-order valence-corrected chi connectivity index (χ1v) is 17.7. The van der Waals surface area contributed by atoms with E-state index in [1.54, 1.807) is 25.7 Å². The van der Waals surface area contributed by atoms with Gasteiger partial charge in [0, 0.05) is 6.04 Å². The second-order valence-corrected chi connectivity index (χ2v) is 15.1. The molecule has 4 aliphatic carbocycles. The second-order valence-electron chi connectivity index (χ2n) is 15.1. The topological polar surface area (TPSA) is 3.24 Å². The molecular weight excluding hydrogens is 501 g/mol. The minimum atomic E-state index is 0. The van der Waals surface area contributed by atoms with E-state index in [0.29, 0.717) is 16.9 Å². The van der Waals surface area contributed by atoms with E-state index in [0.717, 1.165) is 48.3 Å². The maximum Gasteiger partial charge on any atom is 1.00 e. The first kappa shape index (κ1) is 35.8. The van der Waals surface area contributed by atoms with Crippen molar-refractivity contribution < 1.29 is 18.9 Å². The Labute approximate surface area is 274 Å². The van der Waals surface area contributed by atoms with Gasteiger partial charge in [0.1, 0.15) is 0 Å². The smallest absolute Gasteiger partial charge is 0.506 e. The van der Waals surface area contributed by atoms with Crippen LogP contribution >= 0.6 is 0 Å². The van der Waals surface area contributed by atoms with Crippen LogP contribution in [0.25, 0.3) is 0 Å². The van der Waals surface area contributed by atoms with Crippen LogP contribution in [0.1, 0.15) is 136 Å². The normalized spacial score (nSPS) is 35.8.